The fraction of sp³-hybridized carbons (Fsp3) is 0.0870. The number of para-hydroxylation sites is 1. The van der Waals surface area contributed by atoms with Crippen LogP contribution in [0.25, 0.3) is 5.70 Å². The average molecular weight is 375 g/mol. The standard InChI is InChI=1S/C23H22N2OS/c1-17-8-10-18(11-9-17)22(24-20-12-14-21(26-2)15-13-20)16-23(27)25-19-6-4-3-5-7-19/h3-16,24H,1-2H3,(H,25,27)/b22-16-. The highest BCUT2D eigenvalue weighted by Gasteiger charge is 2.05. The molecule has 3 aromatic carbocycles. The molecule has 0 saturated heterocycles. The van der Waals surface area contributed by atoms with E-state index >= 15 is 0 Å². The van der Waals surface area contributed by atoms with Gasteiger partial charge in [0.25, 0.3) is 0 Å². The highest BCUT2D eigenvalue weighted by atomic mass is 32.1. The molecule has 0 unspecified atom stereocenters. The molecule has 2 N–H and O–H groups in total. The largest absolute Gasteiger partial charge is 0.497 e. The predicted octanol–water partition coefficient (Wildman–Crippen LogP) is 5.90. The van der Waals surface area contributed by atoms with Crippen LogP contribution in [-0.2, 0) is 0 Å². The van der Waals surface area contributed by atoms with Gasteiger partial charge in [0.1, 0.15) is 10.7 Å². The first-order chi connectivity index (χ1) is 13.1. The summed E-state index contributed by atoms with van der Waals surface area (Å²) in [6, 6.07) is 26.1. The number of hydrogen-bond acceptors (Lipinski definition) is 3. The molecule has 0 radical (unpaired) electrons. The van der Waals surface area contributed by atoms with E-state index in [2.05, 4.69) is 41.8 Å². The van der Waals surface area contributed by atoms with Gasteiger partial charge in [0.2, 0.25) is 0 Å². The molecule has 0 fully saturated rings. The van der Waals surface area contributed by atoms with Gasteiger partial charge in [-0.25, -0.2) is 0 Å². The van der Waals surface area contributed by atoms with Gasteiger partial charge < -0.3 is 15.4 Å². The van der Waals surface area contributed by atoms with E-state index in [4.69, 9.17) is 17.0 Å². The molecular weight excluding hydrogens is 352 g/mol. The Morgan fingerprint density at radius 2 is 1.44 bits per heavy atom. The van der Waals surface area contributed by atoms with Gasteiger partial charge in [-0.05, 0) is 55.0 Å². The van der Waals surface area contributed by atoms with Crippen molar-refractivity contribution in [2.24, 2.45) is 0 Å². The molecule has 3 nitrogen and oxygen atoms in total. The summed E-state index contributed by atoms with van der Waals surface area (Å²) in [5.41, 5.74) is 5.13. The summed E-state index contributed by atoms with van der Waals surface area (Å²) in [5, 5.41) is 6.71. The lowest BCUT2D eigenvalue weighted by Gasteiger charge is -2.14. The Bertz CT molecular complexity index is 917. The molecule has 3 aromatic rings. The molecule has 3 rings (SSSR count). The van der Waals surface area contributed by atoms with Crippen molar-refractivity contribution < 1.29 is 4.74 Å². The van der Waals surface area contributed by atoms with Crippen LogP contribution in [0.5, 0.6) is 5.75 Å². The van der Waals surface area contributed by atoms with Crippen LogP contribution in [0.1, 0.15) is 11.1 Å². The van der Waals surface area contributed by atoms with Crippen LogP contribution < -0.4 is 15.4 Å². The normalized spacial score (nSPS) is 11.0. The predicted molar refractivity (Wildman–Crippen MR) is 118 cm³/mol. The molecule has 0 aromatic heterocycles. The Balaban J connectivity index is 1.86. The molecule has 0 atom stereocenters. The van der Waals surface area contributed by atoms with Crippen LogP contribution in [0.4, 0.5) is 11.4 Å². The molecule has 4 heteroatoms. The summed E-state index contributed by atoms with van der Waals surface area (Å²) in [6.07, 6.45) is 1.94. The third-order valence-electron chi connectivity index (χ3n) is 4.05. The van der Waals surface area contributed by atoms with Gasteiger partial charge in [-0.15, -0.1) is 0 Å². The quantitative estimate of drug-likeness (QED) is 0.416. The maximum absolute atomic E-state index is 5.55. The average Bonchev–Trinajstić information content (AvgIpc) is 2.69. The first-order valence-corrected chi connectivity index (χ1v) is 9.11. The van der Waals surface area contributed by atoms with Crippen molar-refractivity contribution in [3.63, 3.8) is 0 Å². The number of rotatable bonds is 6. The van der Waals surface area contributed by atoms with Crippen molar-refractivity contribution in [3.05, 3.63) is 96.1 Å². The van der Waals surface area contributed by atoms with Gasteiger partial charge in [-0.1, -0.05) is 60.2 Å². The first kappa shape index (κ1) is 18.7. The number of benzene rings is 3. The van der Waals surface area contributed by atoms with E-state index in [1.165, 1.54) is 5.56 Å². The number of ether oxygens (including phenoxy) is 1. The van der Waals surface area contributed by atoms with Crippen molar-refractivity contribution in [3.8, 4) is 5.75 Å². The molecule has 0 spiro atoms. The van der Waals surface area contributed by atoms with E-state index in [9.17, 15) is 0 Å². The fourth-order valence-corrected chi connectivity index (χ4v) is 2.82. The van der Waals surface area contributed by atoms with Crippen LogP contribution in [-0.4, -0.2) is 12.1 Å². The molecule has 0 amide bonds. The van der Waals surface area contributed by atoms with Crippen molar-refractivity contribution in [2.75, 3.05) is 17.7 Å². The van der Waals surface area contributed by atoms with Gasteiger partial charge >= 0.3 is 0 Å². The molecule has 0 bridgehead atoms. The maximum Gasteiger partial charge on any atom is 0.119 e. The zero-order chi connectivity index (χ0) is 19.1. The minimum absolute atomic E-state index is 0.637. The Kier molecular flexibility index (Phi) is 6.23. The second kappa shape index (κ2) is 9.01. The lowest BCUT2D eigenvalue weighted by molar-refractivity contribution is 0.415. The summed E-state index contributed by atoms with van der Waals surface area (Å²) >= 11 is 5.55. The number of aryl methyl sites for hydroxylation is 1. The smallest absolute Gasteiger partial charge is 0.119 e. The van der Waals surface area contributed by atoms with Crippen LogP contribution >= 0.6 is 12.2 Å². The summed E-state index contributed by atoms with van der Waals surface area (Å²) in [7, 11) is 1.66. The topological polar surface area (TPSA) is 33.3 Å². The number of methoxy groups -OCH3 is 1. The van der Waals surface area contributed by atoms with Gasteiger partial charge in [-0.2, -0.15) is 0 Å². The van der Waals surface area contributed by atoms with Crippen LogP contribution in [0.15, 0.2) is 84.9 Å². The third kappa shape index (κ3) is 5.43. The zero-order valence-corrected chi connectivity index (χ0v) is 16.2. The number of anilines is 2. The van der Waals surface area contributed by atoms with E-state index < -0.39 is 0 Å². The third-order valence-corrected chi connectivity index (χ3v) is 4.27. The molecule has 0 saturated carbocycles. The molecule has 0 aliphatic carbocycles. The lowest BCUT2D eigenvalue weighted by Crippen LogP contribution is -2.09. The van der Waals surface area contributed by atoms with Crippen molar-refractivity contribution >= 4 is 34.3 Å². The maximum atomic E-state index is 5.55. The van der Waals surface area contributed by atoms with E-state index in [1.54, 1.807) is 7.11 Å². The van der Waals surface area contributed by atoms with Gasteiger partial charge in [-0.3, -0.25) is 0 Å². The van der Waals surface area contributed by atoms with Gasteiger partial charge in [0.05, 0.1) is 7.11 Å². The molecule has 136 valence electrons. The Morgan fingerprint density at radius 3 is 2.07 bits per heavy atom. The lowest BCUT2D eigenvalue weighted by atomic mass is 10.1. The van der Waals surface area contributed by atoms with Crippen molar-refractivity contribution in [1.82, 2.24) is 0 Å². The molecule has 0 aliphatic rings. The second-order valence-corrected chi connectivity index (χ2v) is 6.57. The number of nitrogens with one attached hydrogen (secondary N) is 2. The molecule has 0 aliphatic heterocycles. The van der Waals surface area contributed by atoms with Gasteiger partial charge in [0.15, 0.2) is 0 Å². The Labute approximate surface area is 165 Å². The summed E-state index contributed by atoms with van der Waals surface area (Å²) in [4.78, 5) is 0.637. The van der Waals surface area contributed by atoms with E-state index in [0.29, 0.717) is 4.99 Å². The van der Waals surface area contributed by atoms with Crippen molar-refractivity contribution in [2.45, 2.75) is 6.92 Å². The van der Waals surface area contributed by atoms with Crippen LogP contribution in [0, 0.1) is 6.92 Å². The van der Waals surface area contributed by atoms with E-state index in [1.807, 2.05) is 60.7 Å². The highest BCUT2D eigenvalue weighted by Crippen LogP contribution is 2.22. The minimum atomic E-state index is 0.637. The summed E-state index contributed by atoms with van der Waals surface area (Å²) in [6.45, 7) is 2.08. The fourth-order valence-electron chi connectivity index (χ4n) is 2.59. The van der Waals surface area contributed by atoms with Crippen LogP contribution in [0.3, 0.4) is 0 Å². The van der Waals surface area contributed by atoms with E-state index in [0.717, 1.165) is 28.4 Å². The zero-order valence-electron chi connectivity index (χ0n) is 15.4. The molecule has 0 heterocycles. The Morgan fingerprint density at radius 1 is 0.815 bits per heavy atom. The second-order valence-electron chi connectivity index (χ2n) is 6.13. The Hall–Kier alpha value is -3.11. The highest BCUT2D eigenvalue weighted by molar-refractivity contribution is 7.81. The van der Waals surface area contributed by atoms with Gasteiger partial charge in [0, 0.05) is 17.1 Å². The molecule has 27 heavy (non-hydrogen) atoms. The summed E-state index contributed by atoms with van der Waals surface area (Å²) in [5.74, 6) is 0.822. The molecular formula is C23H22N2OS. The number of thiocarbonyl (C=S) groups is 1. The minimum Gasteiger partial charge on any atom is -0.497 e. The first-order valence-electron chi connectivity index (χ1n) is 8.70. The monoisotopic (exact) mass is 374 g/mol. The SMILES string of the molecule is COc1ccc(N/C(=C\C(=S)Nc2ccccc2)c2ccc(C)cc2)cc1. The number of hydrogen-bond donors (Lipinski definition) is 2. The summed E-state index contributed by atoms with van der Waals surface area (Å²) < 4.78 is 5.23. The van der Waals surface area contributed by atoms with Crippen LogP contribution in [0.2, 0.25) is 0 Å². The van der Waals surface area contributed by atoms with E-state index in [-0.39, 0.29) is 0 Å². The van der Waals surface area contributed by atoms with Crippen molar-refractivity contribution in [1.29, 1.82) is 0 Å².